The number of ether oxygens (including phenoxy) is 3. The molecule has 8 heteroatoms. The first-order valence-electron chi connectivity index (χ1n) is 9.48. The molecule has 1 heterocycles. The molecule has 3 rings (SSSR count). The van der Waals surface area contributed by atoms with Crippen molar-refractivity contribution >= 4 is 23.5 Å². The van der Waals surface area contributed by atoms with Gasteiger partial charge in [-0.25, -0.2) is 0 Å². The number of nitrogens with one attached hydrogen (secondary N) is 1. The van der Waals surface area contributed by atoms with Crippen LogP contribution in [0.25, 0.3) is 0 Å². The van der Waals surface area contributed by atoms with Gasteiger partial charge in [0.05, 0.1) is 0 Å². The van der Waals surface area contributed by atoms with E-state index in [-0.39, 0.29) is 5.91 Å². The monoisotopic (exact) mass is 427 g/mol. The van der Waals surface area contributed by atoms with Crippen molar-refractivity contribution in [2.24, 2.45) is 7.05 Å². The number of benzene rings is 2. The van der Waals surface area contributed by atoms with Crippen LogP contribution in [0.4, 0.5) is 5.82 Å². The minimum atomic E-state index is -0.424. The Morgan fingerprint density at radius 1 is 1.17 bits per heavy atom. The summed E-state index contributed by atoms with van der Waals surface area (Å²) in [6.45, 7) is 1.96. The Balaban J connectivity index is 1.89. The Bertz CT molecular complexity index is 1000. The van der Waals surface area contributed by atoms with Crippen LogP contribution in [0.5, 0.6) is 17.2 Å². The minimum absolute atomic E-state index is 0.313. The molecule has 0 aliphatic heterocycles. The number of carbonyl (C=O) groups excluding carboxylic acids is 1. The van der Waals surface area contributed by atoms with Crippen LogP contribution >= 0.6 is 11.8 Å². The number of nitrogens with zero attached hydrogens (tertiary/aromatic N) is 2. The first-order chi connectivity index (χ1) is 14.5. The third-order valence-electron chi connectivity index (χ3n) is 4.24. The van der Waals surface area contributed by atoms with E-state index in [9.17, 15) is 4.79 Å². The molecule has 2 aromatic carbocycles. The van der Waals surface area contributed by atoms with Gasteiger partial charge in [-0.3, -0.25) is 9.48 Å². The number of hydrogen-bond donors (Lipinski definition) is 1. The highest BCUT2D eigenvalue weighted by Gasteiger charge is 2.15. The van der Waals surface area contributed by atoms with Crippen LogP contribution in [-0.2, 0) is 11.8 Å². The summed E-state index contributed by atoms with van der Waals surface area (Å²) < 4.78 is 18.8. The summed E-state index contributed by atoms with van der Waals surface area (Å²) in [4.78, 5) is 13.9. The molecule has 1 aromatic heterocycles. The number of amides is 1. The molecule has 1 unspecified atom stereocenters. The number of aromatic nitrogens is 2. The van der Waals surface area contributed by atoms with Gasteiger partial charge in [-0.1, -0.05) is 13.0 Å². The van der Waals surface area contributed by atoms with Gasteiger partial charge in [0, 0.05) is 49.4 Å². The van der Waals surface area contributed by atoms with Crippen LogP contribution in [0.3, 0.4) is 0 Å². The molecule has 0 radical (unpaired) electrons. The smallest absolute Gasteiger partial charge is 0.257 e. The quantitative estimate of drug-likeness (QED) is 0.385. The first-order valence-corrected chi connectivity index (χ1v) is 10.7. The second-order valence-electron chi connectivity index (χ2n) is 6.49. The second-order valence-corrected chi connectivity index (χ2v) is 7.37. The molecule has 30 heavy (non-hydrogen) atoms. The van der Waals surface area contributed by atoms with Crippen LogP contribution in [0.1, 0.15) is 23.7 Å². The maximum atomic E-state index is 12.8. The Hall–Kier alpha value is -2.97. The summed E-state index contributed by atoms with van der Waals surface area (Å²) in [6, 6.07) is 14.5. The van der Waals surface area contributed by atoms with Crippen molar-refractivity contribution in [2.75, 3.05) is 18.7 Å². The van der Waals surface area contributed by atoms with Gasteiger partial charge in [0.1, 0.15) is 17.2 Å². The molecule has 0 saturated carbocycles. The number of hydrogen-bond acceptors (Lipinski definition) is 6. The fourth-order valence-electron chi connectivity index (χ4n) is 2.75. The average Bonchev–Trinajstić information content (AvgIpc) is 3.16. The third-order valence-corrected chi connectivity index (χ3v) is 4.96. The van der Waals surface area contributed by atoms with Crippen molar-refractivity contribution < 1.29 is 19.0 Å². The van der Waals surface area contributed by atoms with Crippen LogP contribution < -0.4 is 14.8 Å². The maximum Gasteiger partial charge on any atom is 0.257 e. The predicted molar refractivity (Wildman–Crippen MR) is 118 cm³/mol. The van der Waals surface area contributed by atoms with Crippen molar-refractivity contribution in [2.45, 2.75) is 24.5 Å². The van der Waals surface area contributed by atoms with E-state index >= 15 is 0 Å². The van der Waals surface area contributed by atoms with Crippen molar-refractivity contribution in [1.82, 2.24) is 9.78 Å². The lowest BCUT2D eigenvalue weighted by Crippen LogP contribution is -2.18. The second kappa shape index (κ2) is 10.2. The topological polar surface area (TPSA) is 74.6 Å². The van der Waals surface area contributed by atoms with Crippen LogP contribution in [0.15, 0.2) is 59.6 Å². The highest BCUT2D eigenvalue weighted by Crippen LogP contribution is 2.30. The zero-order valence-corrected chi connectivity index (χ0v) is 18.2. The fourth-order valence-corrected chi connectivity index (χ4v) is 3.20. The van der Waals surface area contributed by atoms with E-state index in [4.69, 9.17) is 14.2 Å². The lowest BCUT2D eigenvalue weighted by Gasteiger charge is -2.17. The Morgan fingerprint density at radius 2 is 1.97 bits per heavy atom. The molecular formula is C22H25N3O4S. The largest absolute Gasteiger partial charge is 0.465 e. The normalized spacial score (nSPS) is 11.7. The zero-order valence-electron chi connectivity index (χ0n) is 17.4. The van der Waals surface area contributed by atoms with Crippen LogP contribution in [0, 0.1) is 0 Å². The van der Waals surface area contributed by atoms with Crippen LogP contribution in [-0.4, -0.2) is 35.3 Å². The number of carbonyl (C=O) groups is 1. The van der Waals surface area contributed by atoms with E-state index in [1.807, 2.05) is 37.4 Å². The van der Waals surface area contributed by atoms with E-state index in [2.05, 4.69) is 10.4 Å². The minimum Gasteiger partial charge on any atom is -0.465 e. The molecule has 1 amide bonds. The summed E-state index contributed by atoms with van der Waals surface area (Å²) in [5, 5.41) is 6.96. The zero-order chi connectivity index (χ0) is 21.5. The van der Waals surface area contributed by atoms with Gasteiger partial charge in [-0.05, 0) is 36.6 Å². The molecule has 1 N–H and O–H groups in total. The van der Waals surface area contributed by atoms with Gasteiger partial charge in [0.15, 0.2) is 12.1 Å². The van der Waals surface area contributed by atoms with Crippen molar-refractivity contribution in [3.63, 3.8) is 0 Å². The van der Waals surface area contributed by atoms with Gasteiger partial charge >= 0.3 is 0 Å². The number of rotatable bonds is 9. The van der Waals surface area contributed by atoms with Crippen LogP contribution in [0.2, 0.25) is 0 Å². The number of thioether (sulfide) groups is 1. The summed E-state index contributed by atoms with van der Waals surface area (Å²) in [5.41, 5.74) is 0.389. The van der Waals surface area contributed by atoms with E-state index in [0.717, 1.165) is 4.90 Å². The molecule has 0 fully saturated rings. The molecule has 1 atom stereocenters. The van der Waals surface area contributed by atoms with E-state index < -0.39 is 6.29 Å². The molecular weight excluding hydrogens is 402 g/mol. The van der Waals surface area contributed by atoms with E-state index in [1.54, 1.807) is 61.1 Å². The van der Waals surface area contributed by atoms with Gasteiger partial charge in [-0.15, -0.1) is 11.8 Å². The average molecular weight is 428 g/mol. The lowest BCUT2D eigenvalue weighted by atomic mass is 10.2. The van der Waals surface area contributed by atoms with E-state index in [0.29, 0.717) is 35.1 Å². The summed E-state index contributed by atoms with van der Waals surface area (Å²) >= 11 is 1.63. The SMILES string of the molecule is CCC(OC)Oc1cc(Oc2cccc(SC)c2)cc(C(=O)Nc2ccn(C)n2)c1. The molecule has 158 valence electrons. The molecule has 7 nitrogen and oxygen atoms in total. The maximum absolute atomic E-state index is 12.8. The van der Waals surface area contributed by atoms with E-state index in [1.165, 1.54) is 0 Å². The Morgan fingerprint density at radius 3 is 2.63 bits per heavy atom. The predicted octanol–water partition coefficient (Wildman–Crippen LogP) is 4.95. The van der Waals surface area contributed by atoms with Gasteiger partial charge in [0.25, 0.3) is 5.91 Å². The Labute approximate surface area is 180 Å². The van der Waals surface area contributed by atoms with Gasteiger partial charge in [0.2, 0.25) is 0 Å². The summed E-state index contributed by atoms with van der Waals surface area (Å²) in [5.74, 6) is 1.80. The van der Waals surface area contributed by atoms with Gasteiger partial charge in [-0.2, -0.15) is 5.10 Å². The van der Waals surface area contributed by atoms with Gasteiger partial charge < -0.3 is 19.5 Å². The van der Waals surface area contributed by atoms with Crippen molar-refractivity contribution in [3.8, 4) is 17.2 Å². The molecule has 0 aliphatic carbocycles. The Kier molecular flexibility index (Phi) is 7.37. The first kappa shape index (κ1) is 21.7. The number of aryl methyl sites for hydroxylation is 1. The summed E-state index contributed by atoms with van der Waals surface area (Å²) in [6.07, 6.45) is 4.00. The fraction of sp³-hybridized carbons (Fsp3) is 0.273. The van der Waals surface area contributed by atoms with Crippen molar-refractivity contribution in [1.29, 1.82) is 0 Å². The highest BCUT2D eigenvalue weighted by atomic mass is 32.2. The third kappa shape index (κ3) is 5.77. The molecule has 0 bridgehead atoms. The lowest BCUT2D eigenvalue weighted by molar-refractivity contribution is -0.0549. The number of anilines is 1. The highest BCUT2D eigenvalue weighted by molar-refractivity contribution is 7.98. The summed E-state index contributed by atoms with van der Waals surface area (Å²) in [7, 11) is 3.37. The molecule has 3 aromatic rings. The molecule has 0 saturated heterocycles. The standard InChI is InChI=1S/C22H25N3O4S/c1-5-21(27-3)29-18-12-15(22(26)23-20-9-10-25(2)24-20)11-17(13-18)28-16-7-6-8-19(14-16)30-4/h6-14,21H,5H2,1-4H3,(H,23,24,26). The number of methoxy groups -OCH3 is 1. The molecule has 0 spiro atoms. The van der Waals surface area contributed by atoms with Crippen molar-refractivity contribution in [3.05, 3.63) is 60.3 Å². The molecule has 0 aliphatic rings.